The van der Waals surface area contributed by atoms with Gasteiger partial charge in [-0.2, -0.15) is 5.10 Å². The molecule has 1 fully saturated rings. The van der Waals surface area contributed by atoms with E-state index in [2.05, 4.69) is 68.6 Å². The molecule has 1 aliphatic carbocycles. The highest BCUT2D eigenvalue weighted by Crippen LogP contribution is 2.31. The summed E-state index contributed by atoms with van der Waals surface area (Å²) in [5.74, 6) is 0.824. The number of rotatable bonds is 11. The van der Waals surface area contributed by atoms with E-state index in [0.717, 1.165) is 77.2 Å². The molecule has 0 bridgehead atoms. The Morgan fingerprint density at radius 2 is 1.88 bits per heavy atom. The summed E-state index contributed by atoms with van der Waals surface area (Å²) in [6, 6.07) is 9.09. The van der Waals surface area contributed by atoms with Crippen molar-refractivity contribution in [1.82, 2.24) is 19.9 Å². The molecule has 4 heteroatoms. The quantitative estimate of drug-likeness (QED) is 0.349. The highest BCUT2D eigenvalue weighted by molar-refractivity contribution is 5.83. The molecule has 174 valence electrons. The number of hydrogen-bond donors (Lipinski definition) is 1. The van der Waals surface area contributed by atoms with Gasteiger partial charge in [-0.1, -0.05) is 65.2 Å². The highest BCUT2D eigenvalue weighted by Gasteiger charge is 2.19. The van der Waals surface area contributed by atoms with E-state index in [-0.39, 0.29) is 0 Å². The largest absolute Gasteiger partial charge is 0.382 e. The van der Waals surface area contributed by atoms with Crippen molar-refractivity contribution in [2.75, 3.05) is 0 Å². The molecule has 0 spiro atoms. The molecule has 3 aromatic rings. The summed E-state index contributed by atoms with van der Waals surface area (Å²) >= 11 is 0. The summed E-state index contributed by atoms with van der Waals surface area (Å²) < 4.78 is 1.92. The van der Waals surface area contributed by atoms with Crippen LogP contribution in [0.4, 0.5) is 0 Å². The second kappa shape index (κ2) is 10.4. The van der Waals surface area contributed by atoms with Gasteiger partial charge in [0.2, 0.25) is 0 Å². The number of nitrogens with one attached hydrogen (secondary N) is 1. The van der Waals surface area contributed by atoms with E-state index in [1.54, 1.807) is 0 Å². The molecule has 0 atom stereocenters. The SMILES string of the molecule is C=C(c1ccn2ncc(C(=C)NC(CCC)CCC)c2c1)c1ccc(CC2CCC2)nc1C. The molecule has 3 heterocycles. The van der Waals surface area contributed by atoms with E-state index in [1.165, 1.54) is 25.0 Å². The maximum atomic E-state index is 4.90. The van der Waals surface area contributed by atoms with Gasteiger partial charge in [0, 0.05) is 40.5 Å². The Hall–Kier alpha value is -2.88. The molecule has 4 nitrogen and oxygen atoms in total. The monoisotopic (exact) mass is 442 g/mol. The van der Waals surface area contributed by atoms with E-state index < -0.39 is 0 Å². The molecule has 1 N–H and O–H groups in total. The number of pyridine rings is 2. The van der Waals surface area contributed by atoms with Gasteiger partial charge in [0.25, 0.3) is 0 Å². The standard InChI is InChI=1S/C29H38N4/c1-6-9-25(10-7-2)31-22(5)28-19-30-33-16-15-24(18-29(28)33)20(3)27-14-13-26(32-21(27)4)17-23-11-8-12-23/h13-16,18-19,23,25,31H,3,5-12,17H2,1-2,4H3. The Morgan fingerprint density at radius 1 is 1.12 bits per heavy atom. The van der Waals surface area contributed by atoms with Gasteiger partial charge in [-0.05, 0) is 61.4 Å². The minimum atomic E-state index is 0.452. The predicted octanol–water partition coefficient (Wildman–Crippen LogP) is 6.97. The van der Waals surface area contributed by atoms with Crippen LogP contribution in [0.15, 0.2) is 49.8 Å². The Labute approximate surface area is 198 Å². The molecule has 33 heavy (non-hydrogen) atoms. The lowest BCUT2D eigenvalue weighted by Crippen LogP contribution is -2.27. The number of aromatic nitrogens is 3. The lowest BCUT2D eigenvalue weighted by atomic mass is 9.82. The molecule has 0 unspecified atom stereocenters. The molecule has 0 aromatic carbocycles. The van der Waals surface area contributed by atoms with Gasteiger partial charge in [0.05, 0.1) is 11.7 Å². The first-order valence-electron chi connectivity index (χ1n) is 12.6. The van der Waals surface area contributed by atoms with Crippen molar-refractivity contribution in [3.05, 3.63) is 77.9 Å². The van der Waals surface area contributed by atoms with E-state index in [0.29, 0.717) is 6.04 Å². The summed E-state index contributed by atoms with van der Waals surface area (Å²) in [5, 5.41) is 8.21. The predicted molar refractivity (Wildman–Crippen MR) is 139 cm³/mol. The van der Waals surface area contributed by atoms with Gasteiger partial charge in [0.1, 0.15) is 0 Å². The molecule has 0 radical (unpaired) electrons. The number of hydrogen-bond acceptors (Lipinski definition) is 3. The molecule has 3 aromatic heterocycles. The van der Waals surface area contributed by atoms with Crippen molar-refractivity contribution in [2.45, 2.75) is 78.2 Å². The maximum absolute atomic E-state index is 4.90. The fourth-order valence-corrected chi connectivity index (χ4v) is 4.90. The smallest absolute Gasteiger partial charge is 0.0760 e. The van der Waals surface area contributed by atoms with E-state index in [1.807, 2.05) is 16.9 Å². The third kappa shape index (κ3) is 5.21. The zero-order valence-electron chi connectivity index (χ0n) is 20.5. The van der Waals surface area contributed by atoms with E-state index in [4.69, 9.17) is 4.98 Å². The first-order valence-corrected chi connectivity index (χ1v) is 12.6. The van der Waals surface area contributed by atoms with Crippen molar-refractivity contribution in [3.8, 4) is 0 Å². The molecule has 0 aliphatic heterocycles. The number of aryl methyl sites for hydroxylation is 1. The van der Waals surface area contributed by atoms with Crippen LogP contribution in [0.5, 0.6) is 0 Å². The van der Waals surface area contributed by atoms with E-state index in [9.17, 15) is 0 Å². The molecular formula is C29H38N4. The van der Waals surface area contributed by atoms with Crippen LogP contribution in [0.3, 0.4) is 0 Å². The topological polar surface area (TPSA) is 42.2 Å². The lowest BCUT2D eigenvalue weighted by molar-refractivity contribution is 0.312. The van der Waals surface area contributed by atoms with Gasteiger partial charge in [-0.25, -0.2) is 4.52 Å². The second-order valence-corrected chi connectivity index (χ2v) is 9.62. The fraction of sp³-hybridized carbons (Fsp3) is 0.448. The minimum absolute atomic E-state index is 0.452. The van der Waals surface area contributed by atoms with Crippen molar-refractivity contribution < 1.29 is 0 Å². The molecule has 0 amide bonds. The van der Waals surface area contributed by atoms with Crippen LogP contribution in [0.25, 0.3) is 16.8 Å². The van der Waals surface area contributed by atoms with Crippen LogP contribution < -0.4 is 5.32 Å². The molecular weight excluding hydrogens is 404 g/mol. The first kappa shape index (κ1) is 23.3. The second-order valence-electron chi connectivity index (χ2n) is 9.62. The maximum Gasteiger partial charge on any atom is 0.0760 e. The van der Waals surface area contributed by atoms with Crippen LogP contribution in [-0.2, 0) is 6.42 Å². The highest BCUT2D eigenvalue weighted by atomic mass is 15.2. The Morgan fingerprint density at radius 3 is 2.52 bits per heavy atom. The van der Waals surface area contributed by atoms with Crippen LogP contribution in [0, 0.1) is 12.8 Å². The number of nitrogens with zero attached hydrogens (tertiary/aromatic N) is 3. The molecule has 1 saturated carbocycles. The Bertz CT molecular complexity index is 1130. The summed E-state index contributed by atoms with van der Waals surface area (Å²) in [4.78, 5) is 4.90. The minimum Gasteiger partial charge on any atom is -0.382 e. The van der Waals surface area contributed by atoms with Crippen LogP contribution in [-0.4, -0.2) is 20.6 Å². The van der Waals surface area contributed by atoms with Crippen molar-refractivity contribution in [3.63, 3.8) is 0 Å². The third-order valence-electron chi connectivity index (χ3n) is 7.04. The van der Waals surface area contributed by atoms with Gasteiger partial charge in [0.15, 0.2) is 0 Å². The van der Waals surface area contributed by atoms with Crippen LogP contribution in [0.1, 0.15) is 86.9 Å². The lowest BCUT2D eigenvalue weighted by Gasteiger charge is -2.25. The summed E-state index contributed by atoms with van der Waals surface area (Å²) in [7, 11) is 0. The first-order chi connectivity index (χ1) is 16.0. The number of fused-ring (bicyclic) bond motifs is 1. The average molecular weight is 443 g/mol. The fourth-order valence-electron chi connectivity index (χ4n) is 4.90. The van der Waals surface area contributed by atoms with Gasteiger partial charge >= 0.3 is 0 Å². The van der Waals surface area contributed by atoms with E-state index >= 15 is 0 Å². The van der Waals surface area contributed by atoms with Crippen molar-refractivity contribution >= 4 is 16.8 Å². The Balaban J connectivity index is 1.56. The summed E-state index contributed by atoms with van der Waals surface area (Å²) in [6.07, 6.45) is 13.7. The Kier molecular flexibility index (Phi) is 7.32. The van der Waals surface area contributed by atoms with Gasteiger partial charge in [-0.15, -0.1) is 0 Å². The summed E-state index contributed by atoms with van der Waals surface area (Å²) in [5.41, 5.74) is 8.50. The zero-order chi connectivity index (χ0) is 23.4. The molecule has 0 saturated heterocycles. The van der Waals surface area contributed by atoms with Gasteiger partial charge < -0.3 is 5.32 Å². The normalized spacial score (nSPS) is 13.9. The van der Waals surface area contributed by atoms with Crippen LogP contribution >= 0.6 is 0 Å². The zero-order valence-corrected chi connectivity index (χ0v) is 20.5. The van der Waals surface area contributed by atoms with Crippen molar-refractivity contribution in [2.24, 2.45) is 5.92 Å². The summed E-state index contributed by atoms with van der Waals surface area (Å²) in [6.45, 7) is 15.3. The average Bonchev–Trinajstić information content (AvgIpc) is 3.20. The van der Waals surface area contributed by atoms with Gasteiger partial charge in [-0.3, -0.25) is 4.98 Å². The van der Waals surface area contributed by atoms with Crippen LogP contribution in [0.2, 0.25) is 0 Å². The third-order valence-corrected chi connectivity index (χ3v) is 7.04. The molecule has 1 aliphatic rings. The van der Waals surface area contributed by atoms with Crippen molar-refractivity contribution in [1.29, 1.82) is 0 Å². The molecule has 4 rings (SSSR count).